The summed E-state index contributed by atoms with van der Waals surface area (Å²) in [6.45, 7) is 3.05. The van der Waals surface area contributed by atoms with Crippen LogP contribution in [0.15, 0.2) is 17.4 Å². The van der Waals surface area contributed by atoms with Crippen molar-refractivity contribution in [1.29, 1.82) is 0 Å². The third-order valence-corrected chi connectivity index (χ3v) is 6.35. The molecule has 1 atom stereocenters. The molecule has 0 bridgehead atoms. The van der Waals surface area contributed by atoms with E-state index in [-0.39, 0.29) is 18.6 Å². The first-order valence-corrected chi connectivity index (χ1v) is 10.2. The van der Waals surface area contributed by atoms with E-state index in [1.165, 1.54) is 4.88 Å². The molecule has 3 heterocycles. The largest absolute Gasteiger partial charge is 0.396 e. The summed E-state index contributed by atoms with van der Waals surface area (Å²) in [5.41, 5.74) is 0. The lowest BCUT2D eigenvalue weighted by atomic mass is 9.99. The highest BCUT2D eigenvalue weighted by molar-refractivity contribution is 7.99. The van der Waals surface area contributed by atoms with Crippen LogP contribution in [0.1, 0.15) is 37.0 Å². The van der Waals surface area contributed by atoms with E-state index in [4.69, 9.17) is 0 Å². The van der Waals surface area contributed by atoms with Crippen molar-refractivity contribution >= 4 is 39.2 Å². The lowest BCUT2D eigenvalue weighted by Crippen LogP contribution is -2.44. The van der Waals surface area contributed by atoms with Crippen LogP contribution in [0.5, 0.6) is 0 Å². The summed E-state index contributed by atoms with van der Waals surface area (Å²) < 4.78 is 0. The molecule has 2 aromatic heterocycles. The van der Waals surface area contributed by atoms with E-state index in [0.29, 0.717) is 12.8 Å². The highest BCUT2D eigenvalue weighted by atomic mass is 32.2. The Kier molecular flexibility index (Phi) is 6.08. The predicted molar refractivity (Wildman–Crippen MR) is 98.5 cm³/mol. The number of aliphatic hydroxyl groups excluding tert-OH is 1. The van der Waals surface area contributed by atoms with Crippen LogP contribution in [0.25, 0.3) is 10.2 Å². The molecule has 0 aromatic carbocycles. The van der Waals surface area contributed by atoms with Gasteiger partial charge in [0.2, 0.25) is 5.91 Å². The maximum absolute atomic E-state index is 12.5. The Morgan fingerprint density at radius 1 is 1.46 bits per heavy atom. The number of fused-ring (bicyclic) bond motifs is 1. The molecule has 1 saturated heterocycles. The summed E-state index contributed by atoms with van der Waals surface area (Å²) in [6.07, 6.45) is 6.05. The van der Waals surface area contributed by atoms with E-state index in [1.54, 1.807) is 29.4 Å². The van der Waals surface area contributed by atoms with Crippen LogP contribution in [0, 0.1) is 6.92 Å². The van der Waals surface area contributed by atoms with E-state index in [2.05, 4.69) is 23.0 Å². The van der Waals surface area contributed by atoms with Gasteiger partial charge in [-0.2, -0.15) is 0 Å². The van der Waals surface area contributed by atoms with E-state index < -0.39 is 0 Å². The van der Waals surface area contributed by atoms with Gasteiger partial charge in [0.1, 0.15) is 16.2 Å². The van der Waals surface area contributed by atoms with Crippen molar-refractivity contribution in [2.75, 3.05) is 18.9 Å². The molecular formula is C17H23N3O2S2. The molecule has 0 saturated carbocycles. The van der Waals surface area contributed by atoms with Crippen LogP contribution in [0.4, 0.5) is 0 Å². The van der Waals surface area contributed by atoms with Gasteiger partial charge in [0, 0.05) is 41.6 Å². The summed E-state index contributed by atoms with van der Waals surface area (Å²) in [4.78, 5) is 25.4. The van der Waals surface area contributed by atoms with Crippen molar-refractivity contribution in [3.8, 4) is 0 Å². The van der Waals surface area contributed by atoms with E-state index >= 15 is 0 Å². The monoisotopic (exact) mass is 365 g/mol. The Morgan fingerprint density at radius 3 is 3.17 bits per heavy atom. The molecule has 5 nitrogen and oxygen atoms in total. The van der Waals surface area contributed by atoms with Gasteiger partial charge < -0.3 is 10.0 Å². The highest BCUT2D eigenvalue weighted by Crippen LogP contribution is 2.30. The van der Waals surface area contributed by atoms with E-state index in [9.17, 15) is 9.90 Å². The zero-order valence-corrected chi connectivity index (χ0v) is 15.5. The number of carbonyl (C=O) groups excluding carboxylic acids is 1. The van der Waals surface area contributed by atoms with Gasteiger partial charge in [-0.1, -0.05) is 0 Å². The van der Waals surface area contributed by atoms with Crippen molar-refractivity contribution in [3.63, 3.8) is 0 Å². The molecule has 1 N–H and O–H groups in total. The fourth-order valence-electron chi connectivity index (χ4n) is 3.23. The number of aliphatic hydroxyl groups is 1. The number of thioether (sulfide) groups is 1. The molecule has 3 rings (SSSR count). The van der Waals surface area contributed by atoms with Gasteiger partial charge in [-0.05, 0) is 38.7 Å². The first-order valence-electron chi connectivity index (χ1n) is 8.43. The number of likely N-dealkylation sites (tertiary alicyclic amines) is 1. The standard InChI is InChI=1S/C17H23N3O2S2/c1-12-10-14-16(18-11-19-17(14)24-12)23-9-6-15(22)20-7-3-2-4-13(20)5-8-21/h10-11,13,21H,2-9H2,1H3. The highest BCUT2D eigenvalue weighted by Gasteiger charge is 2.25. The van der Waals surface area contributed by atoms with Gasteiger partial charge in [0.05, 0.1) is 0 Å². The van der Waals surface area contributed by atoms with Gasteiger partial charge in [-0.25, -0.2) is 9.97 Å². The number of aryl methyl sites for hydroxylation is 1. The van der Waals surface area contributed by atoms with Crippen molar-refractivity contribution in [2.45, 2.75) is 50.1 Å². The van der Waals surface area contributed by atoms with Crippen LogP contribution >= 0.6 is 23.1 Å². The number of nitrogens with zero attached hydrogens (tertiary/aromatic N) is 3. The lowest BCUT2D eigenvalue weighted by Gasteiger charge is -2.35. The van der Waals surface area contributed by atoms with Crippen LogP contribution in [-0.4, -0.2) is 50.8 Å². The molecule has 24 heavy (non-hydrogen) atoms. The first-order chi connectivity index (χ1) is 11.7. The number of amides is 1. The van der Waals surface area contributed by atoms with Gasteiger partial charge >= 0.3 is 0 Å². The van der Waals surface area contributed by atoms with E-state index in [1.807, 2.05) is 4.90 Å². The molecule has 0 spiro atoms. The molecule has 7 heteroatoms. The zero-order chi connectivity index (χ0) is 16.9. The minimum atomic E-state index is 0.152. The lowest BCUT2D eigenvalue weighted by molar-refractivity contribution is -0.134. The smallest absolute Gasteiger partial charge is 0.223 e. The zero-order valence-electron chi connectivity index (χ0n) is 13.9. The van der Waals surface area contributed by atoms with Crippen molar-refractivity contribution < 1.29 is 9.90 Å². The van der Waals surface area contributed by atoms with E-state index in [0.717, 1.165) is 46.8 Å². The molecule has 0 radical (unpaired) electrons. The second-order valence-electron chi connectivity index (χ2n) is 6.10. The predicted octanol–water partition coefficient (Wildman–Crippen LogP) is 3.25. The normalized spacial score (nSPS) is 18.2. The maximum Gasteiger partial charge on any atom is 0.223 e. The molecule has 1 fully saturated rings. The van der Waals surface area contributed by atoms with Crippen LogP contribution in [0.3, 0.4) is 0 Å². The number of aromatic nitrogens is 2. The quantitative estimate of drug-likeness (QED) is 0.629. The summed E-state index contributed by atoms with van der Waals surface area (Å²) in [6, 6.07) is 2.33. The van der Waals surface area contributed by atoms with Crippen molar-refractivity contribution in [3.05, 3.63) is 17.3 Å². The Morgan fingerprint density at radius 2 is 2.33 bits per heavy atom. The average Bonchev–Trinajstić information content (AvgIpc) is 2.96. The molecule has 0 aliphatic carbocycles. The van der Waals surface area contributed by atoms with Crippen LogP contribution in [-0.2, 0) is 4.79 Å². The fourth-order valence-corrected chi connectivity index (χ4v) is 5.04. The Labute approximate surface area is 150 Å². The van der Waals surface area contributed by atoms with Crippen LogP contribution in [0.2, 0.25) is 0 Å². The van der Waals surface area contributed by atoms with Crippen LogP contribution < -0.4 is 0 Å². The van der Waals surface area contributed by atoms with Crippen molar-refractivity contribution in [2.24, 2.45) is 0 Å². The number of thiophene rings is 1. The second kappa shape index (κ2) is 8.27. The number of piperidine rings is 1. The number of hydrogen-bond donors (Lipinski definition) is 1. The average molecular weight is 366 g/mol. The molecule has 130 valence electrons. The summed E-state index contributed by atoms with van der Waals surface area (Å²) in [7, 11) is 0. The topological polar surface area (TPSA) is 66.3 Å². The molecule has 1 aliphatic heterocycles. The van der Waals surface area contributed by atoms with Gasteiger partial charge in [0.15, 0.2) is 0 Å². The third-order valence-electron chi connectivity index (χ3n) is 4.38. The second-order valence-corrected chi connectivity index (χ2v) is 8.42. The number of rotatable bonds is 6. The van der Waals surface area contributed by atoms with Crippen molar-refractivity contribution in [1.82, 2.24) is 14.9 Å². The van der Waals surface area contributed by atoms with Gasteiger partial charge in [-0.3, -0.25) is 4.79 Å². The summed E-state index contributed by atoms with van der Waals surface area (Å²) >= 11 is 3.30. The maximum atomic E-state index is 12.5. The molecule has 1 amide bonds. The molecule has 1 unspecified atom stereocenters. The first kappa shape index (κ1) is 17.6. The fraction of sp³-hybridized carbons (Fsp3) is 0.588. The minimum Gasteiger partial charge on any atom is -0.396 e. The number of hydrogen-bond acceptors (Lipinski definition) is 6. The number of carbonyl (C=O) groups is 1. The molecule has 1 aliphatic rings. The Bertz CT molecular complexity index is 702. The Hall–Kier alpha value is -1.18. The Balaban J connectivity index is 1.57. The molecule has 2 aromatic rings. The third kappa shape index (κ3) is 4.07. The summed E-state index contributed by atoms with van der Waals surface area (Å²) in [5, 5.41) is 11.2. The SMILES string of the molecule is Cc1cc2c(SCCC(=O)N3CCCCC3CCO)ncnc2s1. The molecular weight excluding hydrogens is 342 g/mol. The minimum absolute atomic E-state index is 0.152. The summed E-state index contributed by atoms with van der Waals surface area (Å²) in [5.74, 6) is 0.926. The van der Waals surface area contributed by atoms with Gasteiger partial charge in [0.25, 0.3) is 0 Å². The van der Waals surface area contributed by atoms with Gasteiger partial charge in [-0.15, -0.1) is 23.1 Å².